The van der Waals surface area contributed by atoms with Crippen molar-refractivity contribution >= 4 is 15.9 Å². The summed E-state index contributed by atoms with van der Waals surface area (Å²) in [7, 11) is 0. The Kier molecular flexibility index (Phi) is 4.64. The molecule has 0 atom stereocenters. The molecule has 4 heteroatoms. The highest BCUT2D eigenvalue weighted by Crippen LogP contribution is 2.21. The van der Waals surface area contributed by atoms with Crippen LogP contribution in [0.2, 0.25) is 0 Å². The molecular formula is C16H25BrN2O+2. The fourth-order valence-corrected chi connectivity index (χ4v) is 4.22. The van der Waals surface area contributed by atoms with Crippen molar-refractivity contribution in [3.05, 3.63) is 28.2 Å². The molecule has 1 aliphatic heterocycles. The van der Waals surface area contributed by atoms with E-state index in [0.29, 0.717) is 5.75 Å². The lowest BCUT2D eigenvalue weighted by Gasteiger charge is -2.33. The molecule has 3 N–H and O–H groups in total. The van der Waals surface area contributed by atoms with Crippen LogP contribution in [0.15, 0.2) is 22.7 Å². The zero-order chi connectivity index (χ0) is 13.9. The zero-order valence-corrected chi connectivity index (χ0v) is 13.6. The largest absolute Gasteiger partial charge is 0.507 e. The van der Waals surface area contributed by atoms with Gasteiger partial charge in [0.15, 0.2) is 0 Å². The number of quaternary nitrogens is 2. The molecule has 1 aliphatic carbocycles. The summed E-state index contributed by atoms with van der Waals surface area (Å²) < 4.78 is 1.06. The molecule has 1 heterocycles. The van der Waals surface area contributed by atoms with Crippen LogP contribution in [0.3, 0.4) is 0 Å². The third-order valence-electron chi connectivity index (χ3n) is 5.01. The van der Waals surface area contributed by atoms with Crippen molar-refractivity contribution in [2.24, 2.45) is 0 Å². The normalized spacial score (nSPS) is 27.9. The number of nitrogens with one attached hydrogen (secondary N) is 2. The van der Waals surface area contributed by atoms with Crippen LogP contribution in [0, 0.1) is 0 Å². The van der Waals surface area contributed by atoms with Gasteiger partial charge in [-0.05, 0) is 43.9 Å². The van der Waals surface area contributed by atoms with Gasteiger partial charge in [0.1, 0.15) is 38.5 Å². The molecule has 1 aromatic rings. The van der Waals surface area contributed by atoms with Crippen LogP contribution >= 0.6 is 15.9 Å². The third kappa shape index (κ3) is 3.35. The minimum Gasteiger partial charge on any atom is -0.507 e. The first kappa shape index (κ1) is 14.4. The molecular weight excluding hydrogens is 316 g/mol. The molecule has 110 valence electrons. The minimum atomic E-state index is 0.436. The summed E-state index contributed by atoms with van der Waals surface area (Å²) in [4.78, 5) is 3.45. The van der Waals surface area contributed by atoms with E-state index in [0.717, 1.165) is 22.6 Å². The number of hydrogen-bond donors (Lipinski definition) is 3. The predicted octanol–water partition coefficient (Wildman–Crippen LogP) is 0.381. The summed E-state index contributed by atoms with van der Waals surface area (Å²) in [6.45, 7) is 6.02. The predicted molar refractivity (Wildman–Crippen MR) is 83.2 cm³/mol. The van der Waals surface area contributed by atoms with E-state index in [4.69, 9.17) is 0 Å². The molecule has 1 saturated heterocycles. The zero-order valence-electron chi connectivity index (χ0n) is 12.0. The first-order valence-corrected chi connectivity index (χ1v) is 8.67. The van der Waals surface area contributed by atoms with Gasteiger partial charge >= 0.3 is 0 Å². The highest BCUT2D eigenvalue weighted by molar-refractivity contribution is 9.10. The first-order valence-electron chi connectivity index (χ1n) is 7.88. The van der Waals surface area contributed by atoms with Crippen molar-refractivity contribution in [3.63, 3.8) is 0 Å². The molecule has 1 saturated carbocycles. The maximum absolute atomic E-state index is 9.95. The Bertz CT molecular complexity index is 452. The first-order chi connectivity index (χ1) is 9.72. The van der Waals surface area contributed by atoms with E-state index in [-0.39, 0.29) is 0 Å². The highest BCUT2D eigenvalue weighted by atomic mass is 79.9. The van der Waals surface area contributed by atoms with Crippen molar-refractivity contribution in [1.29, 1.82) is 0 Å². The van der Waals surface area contributed by atoms with E-state index >= 15 is 0 Å². The van der Waals surface area contributed by atoms with E-state index in [1.807, 2.05) is 11.0 Å². The van der Waals surface area contributed by atoms with Crippen molar-refractivity contribution < 1.29 is 14.9 Å². The summed E-state index contributed by atoms with van der Waals surface area (Å²) in [5.41, 5.74) is 1.07. The van der Waals surface area contributed by atoms with Gasteiger partial charge in [0.25, 0.3) is 0 Å². The fourth-order valence-electron chi connectivity index (χ4n) is 3.81. The standard InChI is InChI=1S/C16H23BrN2O/c17-14-5-6-16(20)13(11-14)12-18-7-9-19(10-8-18)15-3-1-2-4-15/h5-6,11,15,20H,1-4,7-10,12H2/p+2. The topological polar surface area (TPSA) is 29.1 Å². The number of phenolic OH excluding ortho intramolecular Hbond substituents is 1. The minimum absolute atomic E-state index is 0.436. The fraction of sp³-hybridized carbons (Fsp3) is 0.625. The van der Waals surface area contributed by atoms with Crippen LogP contribution in [0.25, 0.3) is 0 Å². The number of hydrogen-bond acceptors (Lipinski definition) is 1. The Morgan fingerprint density at radius 1 is 1.10 bits per heavy atom. The van der Waals surface area contributed by atoms with Gasteiger partial charge in [0.2, 0.25) is 0 Å². The number of benzene rings is 1. The lowest BCUT2D eigenvalue weighted by molar-refractivity contribution is -1.03. The lowest BCUT2D eigenvalue weighted by atomic mass is 10.1. The van der Waals surface area contributed by atoms with E-state index in [2.05, 4.69) is 22.0 Å². The Hall–Kier alpha value is -0.580. The van der Waals surface area contributed by atoms with Gasteiger partial charge in [0, 0.05) is 10.0 Å². The number of aromatic hydroxyl groups is 1. The number of rotatable bonds is 3. The quantitative estimate of drug-likeness (QED) is 0.729. The lowest BCUT2D eigenvalue weighted by Crippen LogP contribution is -3.29. The SMILES string of the molecule is Oc1ccc(Br)cc1C[NH+]1CC[NH+](C2CCCC2)CC1. The number of halogens is 1. The Morgan fingerprint density at radius 2 is 1.80 bits per heavy atom. The van der Waals surface area contributed by atoms with E-state index in [9.17, 15) is 5.11 Å². The Balaban J connectivity index is 1.54. The Morgan fingerprint density at radius 3 is 2.50 bits per heavy atom. The van der Waals surface area contributed by atoms with Gasteiger partial charge < -0.3 is 14.9 Å². The number of phenols is 1. The smallest absolute Gasteiger partial charge is 0.127 e. The molecule has 0 spiro atoms. The van der Waals surface area contributed by atoms with Gasteiger partial charge in [-0.3, -0.25) is 0 Å². The van der Waals surface area contributed by atoms with E-state index < -0.39 is 0 Å². The summed E-state index contributed by atoms with van der Waals surface area (Å²) in [6, 6.07) is 6.68. The van der Waals surface area contributed by atoms with Crippen LogP contribution in [-0.2, 0) is 6.54 Å². The maximum Gasteiger partial charge on any atom is 0.127 e. The summed E-state index contributed by atoms with van der Waals surface area (Å²) in [5.74, 6) is 0.436. The molecule has 0 amide bonds. The molecule has 0 radical (unpaired) electrons. The van der Waals surface area contributed by atoms with Gasteiger partial charge in [-0.2, -0.15) is 0 Å². The van der Waals surface area contributed by atoms with Crippen LogP contribution in [0.5, 0.6) is 5.75 Å². The van der Waals surface area contributed by atoms with Crippen LogP contribution < -0.4 is 9.80 Å². The molecule has 2 fully saturated rings. The van der Waals surface area contributed by atoms with Crippen molar-refractivity contribution in [1.82, 2.24) is 0 Å². The number of piperazine rings is 1. The third-order valence-corrected chi connectivity index (χ3v) is 5.51. The summed E-state index contributed by atoms with van der Waals surface area (Å²) in [5, 5.41) is 9.95. The molecule has 0 aromatic heterocycles. The van der Waals surface area contributed by atoms with Crippen molar-refractivity contribution in [2.75, 3.05) is 26.2 Å². The monoisotopic (exact) mass is 340 g/mol. The average molecular weight is 341 g/mol. The molecule has 3 nitrogen and oxygen atoms in total. The molecule has 2 aliphatic rings. The van der Waals surface area contributed by atoms with Crippen LogP contribution in [-0.4, -0.2) is 37.3 Å². The second-order valence-electron chi connectivity index (χ2n) is 6.34. The summed E-state index contributed by atoms with van der Waals surface area (Å²) >= 11 is 3.49. The van der Waals surface area contributed by atoms with Crippen molar-refractivity contribution in [3.8, 4) is 5.75 Å². The van der Waals surface area contributed by atoms with Gasteiger partial charge in [-0.1, -0.05) is 15.9 Å². The van der Waals surface area contributed by atoms with Crippen molar-refractivity contribution in [2.45, 2.75) is 38.3 Å². The van der Waals surface area contributed by atoms with Gasteiger partial charge in [-0.25, -0.2) is 0 Å². The van der Waals surface area contributed by atoms with E-state index in [1.165, 1.54) is 51.9 Å². The molecule has 3 rings (SSSR count). The molecule has 0 unspecified atom stereocenters. The maximum atomic E-state index is 9.95. The second-order valence-corrected chi connectivity index (χ2v) is 7.26. The molecule has 20 heavy (non-hydrogen) atoms. The van der Waals surface area contributed by atoms with Crippen LogP contribution in [0.1, 0.15) is 31.2 Å². The van der Waals surface area contributed by atoms with Crippen LogP contribution in [0.4, 0.5) is 0 Å². The highest BCUT2D eigenvalue weighted by Gasteiger charge is 2.31. The average Bonchev–Trinajstić information content (AvgIpc) is 2.98. The van der Waals surface area contributed by atoms with Gasteiger partial charge in [-0.15, -0.1) is 0 Å². The van der Waals surface area contributed by atoms with E-state index in [1.54, 1.807) is 11.0 Å². The molecule has 1 aromatic carbocycles. The van der Waals surface area contributed by atoms with Gasteiger partial charge in [0.05, 0.1) is 6.04 Å². The summed E-state index contributed by atoms with van der Waals surface area (Å²) in [6.07, 6.45) is 5.77. The molecule has 0 bridgehead atoms. The second kappa shape index (κ2) is 6.46. The Labute approximate surface area is 129 Å².